The molecule has 1 amide bonds. The Balaban J connectivity index is 1.72. The molecule has 0 aromatic heterocycles. The minimum absolute atomic E-state index is 0.0647. The fourth-order valence-corrected chi connectivity index (χ4v) is 2.71. The maximum atomic E-state index is 11.8. The van der Waals surface area contributed by atoms with Crippen molar-refractivity contribution in [3.05, 3.63) is 0 Å². The van der Waals surface area contributed by atoms with Gasteiger partial charge in [0.2, 0.25) is 5.91 Å². The second kappa shape index (κ2) is 5.12. The van der Waals surface area contributed by atoms with Gasteiger partial charge in [-0.05, 0) is 19.3 Å². The van der Waals surface area contributed by atoms with Crippen LogP contribution in [-0.4, -0.2) is 49.5 Å². The highest BCUT2D eigenvalue weighted by atomic mass is 16.5. The summed E-state index contributed by atoms with van der Waals surface area (Å²) in [5, 5.41) is 15.6. The molecule has 0 saturated carbocycles. The minimum atomic E-state index is -0.611. The number of methoxy groups -OCH3 is 1. The largest absolute Gasteiger partial charge is 0.389 e. The van der Waals surface area contributed by atoms with Crippen molar-refractivity contribution < 1.29 is 14.6 Å². The molecule has 5 nitrogen and oxygen atoms in total. The van der Waals surface area contributed by atoms with Crippen LogP contribution in [-0.2, 0) is 9.53 Å². The average molecular weight is 228 g/mol. The number of nitrogens with one attached hydrogen (secondary N) is 2. The van der Waals surface area contributed by atoms with E-state index >= 15 is 0 Å². The third-order valence-electron chi connectivity index (χ3n) is 3.51. The van der Waals surface area contributed by atoms with Gasteiger partial charge in [0.05, 0.1) is 18.6 Å². The van der Waals surface area contributed by atoms with Crippen molar-refractivity contribution in [3.63, 3.8) is 0 Å². The number of aliphatic hydroxyl groups is 1. The van der Waals surface area contributed by atoms with Crippen LogP contribution < -0.4 is 10.6 Å². The van der Waals surface area contributed by atoms with E-state index in [0.717, 1.165) is 12.8 Å². The first-order chi connectivity index (χ1) is 7.70. The van der Waals surface area contributed by atoms with Gasteiger partial charge < -0.3 is 20.5 Å². The number of hydrogen-bond acceptors (Lipinski definition) is 4. The molecule has 2 rings (SSSR count). The fraction of sp³-hybridized carbons (Fsp3) is 0.909. The van der Waals surface area contributed by atoms with Gasteiger partial charge in [-0.3, -0.25) is 4.79 Å². The van der Waals surface area contributed by atoms with Gasteiger partial charge in [-0.15, -0.1) is 0 Å². The lowest BCUT2D eigenvalue weighted by Crippen LogP contribution is -2.41. The van der Waals surface area contributed by atoms with E-state index in [-0.39, 0.29) is 25.0 Å². The van der Waals surface area contributed by atoms with Gasteiger partial charge in [0.25, 0.3) is 0 Å². The van der Waals surface area contributed by atoms with Gasteiger partial charge in [0, 0.05) is 25.7 Å². The molecule has 16 heavy (non-hydrogen) atoms. The summed E-state index contributed by atoms with van der Waals surface area (Å²) in [7, 11) is 1.53. The molecular weight excluding hydrogens is 208 g/mol. The number of aliphatic hydroxyl groups excluding tert-OH is 1. The Bertz CT molecular complexity index is 260. The number of rotatable bonds is 5. The van der Waals surface area contributed by atoms with E-state index in [4.69, 9.17) is 4.74 Å². The second-order valence-corrected chi connectivity index (χ2v) is 4.74. The molecule has 0 aromatic rings. The van der Waals surface area contributed by atoms with Crippen molar-refractivity contribution in [1.82, 2.24) is 10.6 Å². The van der Waals surface area contributed by atoms with Crippen molar-refractivity contribution in [3.8, 4) is 0 Å². The van der Waals surface area contributed by atoms with Crippen LogP contribution in [0.5, 0.6) is 0 Å². The van der Waals surface area contributed by atoms with Crippen LogP contribution in [0.15, 0.2) is 0 Å². The van der Waals surface area contributed by atoms with Crippen molar-refractivity contribution in [2.45, 2.75) is 37.5 Å². The average Bonchev–Trinajstić information content (AvgIpc) is 2.88. The molecule has 2 bridgehead atoms. The molecule has 4 atom stereocenters. The van der Waals surface area contributed by atoms with Crippen LogP contribution >= 0.6 is 0 Å². The number of fused-ring (bicyclic) bond motifs is 2. The normalized spacial score (nSPS) is 34.0. The smallest absolute Gasteiger partial charge is 0.224 e. The molecule has 0 aliphatic carbocycles. The maximum absolute atomic E-state index is 11.8. The predicted molar refractivity (Wildman–Crippen MR) is 58.9 cm³/mol. The lowest BCUT2D eigenvalue weighted by Gasteiger charge is -2.20. The number of carbonyl (C=O) groups excluding carboxylic acids is 1. The zero-order chi connectivity index (χ0) is 11.5. The van der Waals surface area contributed by atoms with Crippen molar-refractivity contribution in [2.24, 2.45) is 5.92 Å². The van der Waals surface area contributed by atoms with Gasteiger partial charge in [-0.25, -0.2) is 0 Å². The Kier molecular flexibility index (Phi) is 3.78. The molecule has 0 spiro atoms. The van der Waals surface area contributed by atoms with Crippen molar-refractivity contribution >= 4 is 5.91 Å². The molecule has 2 fully saturated rings. The molecule has 2 aliphatic heterocycles. The predicted octanol–water partition coefficient (Wildman–Crippen LogP) is -0.750. The van der Waals surface area contributed by atoms with Crippen LogP contribution in [0.2, 0.25) is 0 Å². The molecule has 2 saturated heterocycles. The first-order valence-corrected chi connectivity index (χ1v) is 5.91. The third-order valence-corrected chi connectivity index (χ3v) is 3.51. The SMILES string of the molecule is COCC(O)CNC(=O)C1CC2CCC1N2. The second-order valence-electron chi connectivity index (χ2n) is 4.74. The molecule has 92 valence electrons. The lowest BCUT2D eigenvalue weighted by atomic mass is 9.88. The molecule has 0 aromatic carbocycles. The summed E-state index contributed by atoms with van der Waals surface area (Å²) in [6, 6.07) is 0.884. The summed E-state index contributed by atoms with van der Waals surface area (Å²) < 4.78 is 4.80. The zero-order valence-electron chi connectivity index (χ0n) is 9.61. The molecule has 5 heteroatoms. The fourth-order valence-electron chi connectivity index (χ4n) is 2.71. The molecular formula is C11H20N2O3. The lowest BCUT2D eigenvalue weighted by molar-refractivity contribution is -0.126. The summed E-state index contributed by atoms with van der Waals surface area (Å²) in [6.07, 6.45) is 2.63. The van der Waals surface area contributed by atoms with Gasteiger partial charge in [0.15, 0.2) is 0 Å². The summed E-state index contributed by atoms with van der Waals surface area (Å²) >= 11 is 0. The topological polar surface area (TPSA) is 70.6 Å². The summed E-state index contributed by atoms with van der Waals surface area (Å²) in [4.78, 5) is 11.8. The van der Waals surface area contributed by atoms with Crippen LogP contribution in [0.3, 0.4) is 0 Å². The Morgan fingerprint density at radius 3 is 3.00 bits per heavy atom. The van der Waals surface area contributed by atoms with Gasteiger partial charge >= 0.3 is 0 Å². The van der Waals surface area contributed by atoms with Gasteiger partial charge in [0.1, 0.15) is 0 Å². The molecule has 4 unspecified atom stereocenters. The van der Waals surface area contributed by atoms with E-state index in [9.17, 15) is 9.90 Å². The molecule has 2 aliphatic rings. The van der Waals surface area contributed by atoms with Gasteiger partial charge in [-0.1, -0.05) is 0 Å². The standard InChI is InChI=1S/C11H20N2O3/c1-16-6-8(14)5-12-11(15)9-4-7-2-3-10(9)13-7/h7-10,13-14H,2-6H2,1H3,(H,12,15). The highest BCUT2D eigenvalue weighted by Gasteiger charge is 2.42. The molecule has 2 heterocycles. The minimum Gasteiger partial charge on any atom is -0.389 e. The van der Waals surface area contributed by atoms with Crippen LogP contribution in [0.25, 0.3) is 0 Å². The van der Waals surface area contributed by atoms with E-state index in [0.29, 0.717) is 12.1 Å². The third kappa shape index (κ3) is 2.53. The Morgan fingerprint density at radius 1 is 1.62 bits per heavy atom. The van der Waals surface area contributed by atoms with E-state index in [1.807, 2.05) is 0 Å². The van der Waals surface area contributed by atoms with E-state index in [1.165, 1.54) is 13.5 Å². The monoisotopic (exact) mass is 228 g/mol. The van der Waals surface area contributed by atoms with Crippen LogP contribution in [0.1, 0.15) is 19.3 Å². The summed E-state index contributed by atoms with van der Waals surface area (Å²) in [6.45, 7) is 0.538. The zero-order valence-corrected chi connectivity index (χ0v) is 9.61. The number of ether oxygens (including phenoxy) is 1. The Morgan fingerprint density at radius 2 is 2.44 bits per heavy atom. The first kappa shape index (κ1) is 11.8. The quantitative estimate of drug-likeness (QED) is 0.579. The number of carbonyl (C=O) groups is 1. The highest BCUT2D eigenvalue weighted by Crippen LogP contribution is 2.33. The van der Waals surface area contributed by atoms with E-state index in [2.05, 4.69) is 10.6 Å². The molecule has 3 N–H and O–H groups in total. The summed E-state index contributed by atoms with van der Waals surface area (Å²) in [5.74, 6) is 0.156. The van der Waals surface area contributed by atoms with E-state index in [1.54, 1.807) is 0 Å². The number of amides is 1. The van der Waals surface area contributed by atoms with Gasteiger partial charge in [-0.2, -0.15) is 0 Å². The van der Waals surface area contributed by atoms with Crippen LogP contribution in [0, 0.1) is 5.92 Å². The van der Waals surface area contributed by atoms with Crippen molar-refractivity contribution in [1.29, 1.82) is 0 Å². The first-order valence-electron chi connectivity index (χ1n) is 5.91. The summed E-state index contributed by atoms with van der Waals surface area (Å²) in [5.41, 5.74) is 0. The molecule has 0 radical (unpaired) electrons. The highest BCUT2D eigenvalue weighted by molar-refractivity contribution is 5.80. The van der Waals surface area contributed by atoms with E-state index < -0.39 is 6.10 Å². The maximum Gasteiger partial charge on any atom is 0.224 e. The Hall–Kier alpha value is -0.650. The van der Waals surface area contributed by atoms with Crippen molar-refractivity contribution in [2.75, 3.05) is 20.3 Å². The Labute approximate surface area is 95.5 Å². The number of hydrogen-bond donors (Lipinski definition) is 3. The van der Waals surface area contributed by atoms with Crippen LogP contribution in [0.4, 0.5) is 0 Å².